The number of alkyl halides is 3. The highest BCUT2D eigenvalue weighted by Crippen LogP contribution is 2.20. The number of hydrogen-bond donors (Lipinski definition) is 2. The van der Waals surface area contributed by atoms with E-state index in [-0.39, 0.29) is 6.04 Å². The first-order valence-electron chi connectivity index (χ1n) is 9.99. The molecule has 5 nitrogen and oxygen atoms in total. The molecule has 0 saturated carbocycles. The summed E-state index contributed by atoms with van der Waals surface area (Å²) in [6.07, 6.45) is 1.62. The average Bonchev–Trinajstić information content (AvgIpc) is 3.00. The summed E-state index contributed by atoms with van der Waals surface area (Å²) in [5.41, 5.74) is 0. The highest BCUT2D eigenvalue weighted by molar-refractivity contribution is 5.80. The van der Waals surface area contributed by atoms with E-state index in [1.54, 1.807) is 0 Å². The summed E-state index contributed by atoms with van der Waals surface area (Å²) in [7, 11) is 0. The molecule has 0 radical (unpaired) electrons. The lowest BCUT2D eigenvalue weighted by atomic mass is 10.0. The second kappa shape index (κ2) is 10.3. The quantitative estimate of drug-likeness (QED) is 0.528. The van der Waals surface area contributed by atoms with Crippen LogP contribution in [0.4, 0.5) is 13.2 Å². The Hall–Kier alpha value is -1.02. The van der Waals surface area contributed by atoms with Crippen LogP contribution in [0.5, 0.6) is 0 Å². The molecule has 2 saturated heterocycles. The van der Waals surface area contributed by atoms with Crippen molar-refractivity contribution in [2.24, 2.45) is 4.99 Å². The monoisotopic (exact) mass is 377 g/mol. The van der Waals surface area contributed by atoms with Crippen molar-refractivity contribution in [3.63, 3.8) is 0 Å². The van der Waals surface area contributed by atoms with E-state index in [0.29, 0.717) is 32.1 Å². The molecule has 2 unspecified atom stereocenters. The van der Waals surface area contributed by atoms with Crippen molar-refractivity contribution in [3.8, 4) is 0 Å². The maximum absolute atomic E-state index is 12.5. The van der Waals surface area contributed by atoms with E-state index < -0.39 is 12.7 Å². The molecule has 26 heavy (non-hydrogen) atoms. The van der Waals surface area contributed by atoms with E-state index >= 15 is 0 Å². The molecule has 0 aromatic rings. The molecule has 2 heterocycles. The second-order valence-electron chi connectivity index (χ2n) is 7.33. The number of nitrogens with zero attached hydrogens (tertiary/aromatic N) is 3. The SMILES string of the molecule is CCNC(=NCCN1CCCCC1CC)NC1CCN(CC(F)(F)F)C1. The maximum atomic E-state index is 12.5. The molecule has 0 spiro atoms. The Morgan fingerprint density at radius 3 is 2.65 bits per heavy atom. The summed E-state index contributed by atoms with van der Waals surface area (Å²) in [4.78, 5) is 8.64. The summed E-state index contributed by atoms with van der Waals surface area (Å²) < 4.78 is 37.6. The minimum atomic E-state index is -4.13. The molecule has 0 aliphatic carbocycles. The molecular formula is C18H34F3N5. The standard InChI is InChI=1S/C18H34F3N5/c1-3-16-7-5-6-10-26(16)12-9-23-17(22-4-2)24-15-8-11-25(13-15)14-18(19,20)21/h15-16H,3-14H2,1-2H3,(H2,22,23,24). The predicted molar refractivity (Wildman–Crippen MR) is 99.5 cm³/mol. The first-order chi connectivity index (χ1) is 12.4. The molecule has 0 aromatic heterocycles. The Labute approximate surface area is 155 Å². The molecule has 0 amide bonds. The first kappa shape index (κ1) is 21.3. The van der Waals surface area contributed by atoms with Gasteiger partial charge >= 0.3 is 6.18 Å². The van der Waals surface area contributed by atoms with Crippen LogP contribution in [0.2, 0.25) is 0 Å². The number of guanidine groups is 1. The van der Waals surface area contributed by atoms with Crippen LogP contribution in [0.3, 0.4) is 0 Å². The smallest absolute Gasteiger partial charge is 0.357 e. The van der Waals surface area contributed by atoms with Crippen LogP contribution >= 0.6 is 0 Å². The third-order valence-corrected chi connectivity index (χ3v) is 5.24. The van der Waals surface area contributed by atoms with Crippen molar-refractivity contribution >= 4 is 5.96 Å². The van der Waals surface area contributed by atoms with Crippen LogP contribution in [0.1, 0.15) is 46.0 Å². The zero-order chi connectivity index (χ0) is 19.0. The van der Waals surface area contributed by atoms with Crippen LogP contribution in [0.15, 0.2) is 4.99 Å². The fourth-order valence-electron chi connectivity index (χ4n) is 3.97. The Bertz CT molecular complexity index is 441. The molecule has 2 aliphatic heterocycles. The maximum Gasteiger partial charge on any atom is 0.401 e. The van der Waals surface area contributed by atoms with Gasteiger partial charge < -0.3 is 10.6 Å². The van der Waals surface area contributed by atoms with Crippen molar-refractivity contribution in [1.29, 1.82) is 0 Å². The lowest BCUT2D eigenvalue weighted by Crippen LogP contribution is -2.46. The Morgan fingerprint density at radius 2 is 1.96 bits per heavy atom. The molecule has 152 valence electrons. The van der Waals surface area contributed by atoms with E-state index in [2.05, 4.69) is 27.4 Å². The number of likely N-dealkylation sites (tertiary alicyclic amines) is 2. The highest BCUT2D eigenvalue weighted by atomic mass is 19.4. The zero-order valence-corrected chi connectivity index (χ0v) is 16.1. The van der Waals surface area contributed by atoms with E-state index in [1.165, 1.54) is 30.6 Å². The van der Waals surface area contributed by atoms with Gasteiger partial charge in [-0.05, 0) is 39.2 Å². The fourth-order valence-corrected chi connectivity index (χ4v) is 3.97. The number of piperidine rings is 1. The second-order valence-corrected chi connectivity index (χ2v) is 7.33. The summed E-state index contributed by atoms with van der Waals surface area (Å²) in [5.74, 6) is 0.719. The number of hydrogen-bond acceptors (Lipinski definition) is 3. The van der Waals surface area contributed by atoms with Crippen molar-refractivity contribution < 1.29 is 13.2 Å². The van der Waals surface area contributed by atoms with Gasteiger partial charge in [-0.25, -0.2) is 0 Å². The number of rotatable bonds is 7. The minimum absolute atomic E-state index is 0.0218. The molecule has 2 aliphatic rings. The van der Waals surface area contributed by atoms with Crippen molar-refractivity contribution in [2.45, 2.75) is 64.2 Å². The topological polar surface area (TPSA) is 42.9 Å². The van der Waals surface area contributed by atoms with Gasteiger partial charge in [-0.2, -0.15) is 13.2 Å². The van der Waals surface area contributed by atoms with Crippen molar-refractivity contribution in [2.75, 3.05) is 45.8 Å². The zero-order valence-electron chi connectivity index (χ0n) is 16.1. The Balaban J connectivity index is 1.79. The number of halogens is 3. The summed E-state index contributed by atoms with van der Waals surface area (Å²) in [5, 5.41) is 6.52. The number of nitrogens with one attached hydrogen (secondary N) is 2. The van der Waals surface area contributed by atoms with Gasteiger partial charge in [0.25, 0.3) is 0 Å². The minimum Gasteiger partial charge on any atom is -0.357 e. The average molecular weight is 377 g/mol. The molecule has 8 heteroatoms. The Kier molecular flexibility index (Phi) is 8.47. The van der Waals surface area contributed by atoms with Gasteiger partial charge in [0.1, 0.15) is 0 Å². The van der Waals surface area contributed by atoms with E-state index in [0.717, 1.165) is 25.6 Å². The van der Waals surface area contributed by atoms with Gasteiger partial charge in [-0.1, -0.05) is 13.3 Å². The molecule has 0 aromatic carbocycles. The van der Waals surface area contributed by atoms with Crippen molar-refractivity contribution in [3.05, 3.63) is 0 Å². The van der Waals surface area contributed by atoms with Gasteiger partial charge in [0.15, 0.2) is 5.96 Å². The van der Waals surface area contributed by atoms with Crippen LogP contribution in [-0.4, -0.2) is 79.8 Å². The molecule has 2 N–H and O–H groups in total. The summed E-state index contributed by atoms with van der Waals surface area (Å²) in [6, 6.07) is 0.689. The van der Waals surface area contributed by atoms with Crippen LogP contribution in [0, 0.1) is 0 Å². The van der Waals surface area contributed by atoms with Gasteiger partial charge in [0.2, 0.25) is 0 Å². The predicted octanol–water partition coefficient (Wildman–Crippen LogP) is 2.44. The molecule has 0 bridgehead atoms. The van der Waals surface area contributed by atoms with E-state index in [1.807, 2.05) is 6.92 Å². The normalized spacial score (nSPS) is 26.3. The molecule has 2 rings (SSSR count). The third kappa shape index (κ3) is 7.31. The van der Waals surface area contributed by atoms with Gasteiger partial charge in [0, 0.05) is 38.3 Å². The lowest BCUT2D eigenvalue weighted by molar-refractivity contribution is -0.143. The van der Waals surface area contributed by atoms with Gasteiger partial charge in [-0.15, -0.1) is 0 Å². The Morgan fingerprint density at radius 1 is 1.15 bits per heavy atom. The lowest BCUT2D eigenvalue weighted by Gasteiger charge is -2.34. The number of aliphatic imine (C=N–C) groups is 1. The fraction of sp³-hybridized carbons (Fsp3) is 0.944. The summed E-state index contributed by atoms with van der Waals surface area (Å²) in [6.45, 7) is 7.84. The largest absolute Gasteiger partial charge is 0.401 e. The van der Waals surface area contributed by atoms with E-state index in [4.69, 9.17) is 0 Å². The third-order valence-electron chi connectivity index (χ3n) is 5.24. The van der Waals surface area contributed by atoms with Crippen molar-refractivity contribution in [1.82, 2.24) is 20.4 Å². The first-order valence-corrected chi connectivity index (χ1v) is 9.99. The molecule has 2 fully saturated rings. The van der Waals surface area contributed by atoms with Gasteiger partial charge in [-0.3, -0.25) is 14.8 Å². The summed E-state index contributed by atoms with van der Waals surface area (Å²) >= 11 is 0. The van der Waals surface area contributed by atoms with E-state index in [9.17, 15) is 13.2 Å². The van der Waals surface area contributed by atoms with Crippen LogP contribution < -0.4 is 10.6 Å². The van der Waals surface area contributed by atoms with Gasteiger partial charge in [0.05, 0.1) is 13.1 Å². The van der Waals surface area contributed by atoms with Crippen LogP contribution in [-0.2, 0) is 0 Å². The highest BCUT2D eigenvalue weighted by Gasteiger charge is 2.34. The molecular weight excluding hydrogens is 343 g/mol. The molecule has 2 atom stereocenters. The van der Waals surface area contributed by atoms with Crippen LogP contribution in [0.25, 0.3) is 0 Å².